The van der Waals surface area contributed by atoms with Gasteiger partial charge >= 0.3 is 0 Å². The standard InChI is InChI=1S/C13H17FO3S/c1-18(15,16)17-13-8-4-11(5-9-13)10-2-6-12(14)7-3-10/h2-3,6-7,11,13H,4-5,8-9H2,1H3. The van der Waals surface area contributed by atoms with Crippen molar-refractivity contribution in [2.24, 2.45) is 0 Å². The third-order valence-electron chi connectivity index (χ3n) is 3.33. The van der Waals surface area contributed by atoms with Gasteiger partial charge in [0.05, 0.1) is 12.4 Å². The van der Waals surface area contributed by atoms with E-state index >= 15 is 0 Å². The molecule has 0 aromatic heterocycles. The van der Waals surface area contributed by atoms with Crippen molar-refractivity contribution in [2.45, 2.75) is 37.7 Å². The summed E-state index contributed by atoms with van der Waals surface area (Å²) in [5.41, 5.74) is 1.12. The van der Waals surface area contributed by atoms with Crippen molar-refractivity contribution in [3.63, 3.8) is 0 Å². The van der Waals surface area contributed by atoms with E-state index in [9.17, 15) is 12.8 Å². The van der Waals surface area contributed by atoms with Gasteiger partial charge in [-0.3, -0.25) is 4.18 Å². The van der Waals surface area contributed by atoms with Crippen molar-refractivity contribution in [3.05, 3.63) is 35.6 Å². The maximum Gasteiger partial charge on any atom is 0.264 e. The van der Waals surface area contributed by atoms with Gasteiger partial charge in [0, 0.05) is 0 Å². The van der Waals surface area contributed by atoms with E-state index in [0.717, 1.165) is 37.5 Å². The monoisotopic (exact) mass is 272 g/mol. The van der Waals surface area contributed by atoms with Crippen LogP contribution in [0.4, 0.5) is 4.39 Å². The van der Waals surface area contributed by atoms with Crippen molar-refractivity contribution in [3.8, 4) is 0 Å². The molecule has 0 bridgehead atoms. The summed E-state index contributed by atoms with van der Waals surface area (Å²) in [6.45, 7) is 0. The van der Waals surface area contributed by atoms with Crippen LogP contribution < -0.4 is 0 Å². The average molecular weight is 272 g/mol. The summed E-state index contributed by atoms with van der Waals surface area (Å²) < 4.78 is 39.9. The maximum absolute atomic E-state index is 12.8. The van der Waals surface area contributed by atoms with Crippen LogP contribution in [0.5, 0.6) is 0 Å². The van der Waals surface area contributed by atoms with Gasteiger partial charge in [0.2, 0.25) is 0 Å². The lowest BCUT2D eigenvalue weighted by molar-refractivity contribution is 0.155. The van der Waals surface area contributed by atoms with Crippen LogP contribution in [-0.4, -0.2) is 20.8 Å². The average Bonchev–Trinajstić information content (AvgIpc) is 2.29. The summed E-state index contributed by atoms with van der Waals surface area (Å²) in [5.74, 6) is 0.151. The first-order chi connectivity index (χ1) is 8.44. The SMILES string of the molecule is CS(=O)(=O)OC1CCC(c2ccc(F)cc2)CC1. The molecule has 1 saturated carbocycles. The minimum Gasteiger partial charge on any atom is -0.267 e. The van der Waals surface area contributed by atoms with Crippen LogP contribution in [0.3, 0.4) is 0 Å². The zero-order valence-corrected chi connectivity index (χ0v) is 11.1. The molecule has 1 fully saturated rings. The lowest BCUT2D eigenvalue weighted by Gasteiger charge is -2.27. The number of halogens is 1. The predicted octanol–water partition coefficient (Wildman–Crippen LogP) is 2.83. The minimum atomic E-state index is -3.36. The molecule has 0 spiro atoms. The van der Waals surface area contributed by atoms with Crippen LogP contribution >= 0.6 is 0 Å². The van der Waals surface area contributed by atoms with E-state index in [1.54, 1.807) is 12.1 Å². The first-order valence-electron chi connectivity index (χ1n) is 6.08. The molecule has 0 heterocycles. The molecule has 18 heavy (non-hydrogen) atoms. The molecular weight excluding hydrogens is 255 g/mol. The molecular formula is C13H17FO3S. The Hall–Kier alpha value is -0.940. The Morgan fingerprint density at radius 1 is 1.11 bits per heavy atom. The zero-order valence-electron chi connectivity index (χ0n) is 10.3. The van der Waals surface area contributed by atoms with Gasteiger partial charge in [-0.05, 0) is 49.3 Å². The molecule has 2 rings (SSSR count). The van der Waals surface area contributed by atoms with Crippen molar-refractivity contribution in [1.29, 1.82) is 0 Å². The lowest BCUT2D eigenvalue weighted by atomic mass is 9.83. The highest BCUT2D eigenvalue weighted by Crippen LogP contribution is 2.34. The Morgan fingerprint density at radius 3 is 2.17 bits per heavy atom. The number of benzene rings is 1. The van der Waals surface area contributed by atoms with Gasteiger partial charge in [0.1, 0.15) is 5.82 Å². The van der Waals surface area contributed by atoms with Gasteiger partial charge in [-0.25, -0.2) is 4.39 Å². The van der Waals surface area contributed by atoms with Gasteiger partial charge in [0.15, 0.2) is 0 Å². The van der Waals surface area contributed by atoms with Gasteiger partial charge in [-0.15, -0.1) is 0 Å². The molecule has 1 aromatic rings. The molecule has 1 aliphatic carbocycles. The molecule has 3 nitrogen and oxygen atoms in total. The summed E-state index contributed by atoms with van der Waals surface area (Å²) in [7, 11) is -3.36. The molecule has 0 amide bonds. The molecule has 0 atom stereocenters. The fourth-order valence-electron chi connectivity index (χ4n) is 2.47. The molecule has 5 heteroatoms. The number of hydrogen-bond acceptors (Lipinski definition) is 3. The molecule has 0 saturated heterocycles. The second-order valence-electron chi connectivity index (χ2n) is 4.83. The van der Waals surface area contributed by atoms with E-state index < -0.39 is 10.1 Å². The lowest BCUT2D eigenvalue weighted by Crippen LogP contribution is -2.23. The highest BCUT2D eigenvalue weighted by Gasteiger charge is 2.25. The first-order valence-corrected chi connectivity index (χ1v) is 7.89. The summed E-state index contributed by atoms with van der Waals surface area (Å²) in [5, 5.41) is 0. The fourth-order valence-corrected chi connectivity index (χ4v) is 3.16. The maximum atomic E-state index is 12.8. The van der Waals surface area contributed by atoms with Crippen molar-refractivity contribution < 1.29 is 17.0 Å². The van der Waals surface area contributed by atoms with Crippen LogP contribution in [0.1, 0.15) is 37.2 Å². The highest BCUT2D eigenvalue weighted by molar-refractivity contribution is 7.86. The van der Waals surface area contributed by atoms with Gasteiger partial charge in [-0.2, -0.15) is 8.42 Å². The molecule has 0 radical (unpaired) electrons. The van der Waals surface area contributed by atoms with Crippen LogP contribution in [-0.2, 0) is 14.3 Å². The molecule has 0 aliphatic heterocycles. The normalized spacial score (nSPS) is 25.0. The van der Waals surface area contributed by atoms with E-state index in [2.05, 4.69) is 0 Å². The third kappa shape index (κ3) is 3.78. The smallest absolute Gasteiger partial charge is 0.264 e. The second kappa shape index (κ2) is 5.36. The predicted molar refractivity (Wildman–Crippen MR) is 67.3 cm³/mol. The van der Waals surface area contributed by atoms with Gasteiger partial charge in [-0.1, -0.05) is 12.1 Å². The summed E-state index contributed by atoms with van der Waals surface area (Å²) in [4.78, 5) is 0. The Morgan fingerprint density at radius 2 is 1.67 bits per heavy atom. The molecule has 0 unspecified atom stereocenters. The number of hydrogen-bond donors (Lipinski definition) is 0. The Labute approximate surface area is 107 Å². The van der Waals surface area contributed by atoms with Gasteiger partial charge < -0.3 is 0 Å². The minimum absolute atomic E-state index is 0.198. The fraction of sp³-hybridized carbons (Fsp3) is 0.538. The quantitative estimate of drug-likeness (QED) is 0.795. The van der Waals surface area contributed by atoms with E-state index in [1.807, 2.05) is 0 Å². The molecule has 1 aliphatic rings. The van der Waals surface area contributed by atoms with Crippen LogP contribution in [0.2, 0.25) is 0 Å². The van der Waals surface area contributed by atoms with Gasteiger partial charge in [0.25, 0.3) is 10.1 Å². The Bertz CT molecular complexity index is 487. The van der Waals surface area contributed by atoms with Crippen molar-refractivity contribution in [2.75, 3.05) is 6.26 Å². The molecule has 1 aromatic carbocycles. The summed E-state index contributed by atoms with van der Waals surface area (Å²) in [6, 6.07) is 6.54. The molecule has 100 valence electrons. The second-order valence-corrected chi connectivity index (χ2v) is 6.43. The largest absolute Gasteiger partial charge is 0.267 e. The van der Waals surface area contributed by atoms with E-state index in [-0.39, 0.29) is 11.9 Å². The third-order valence-corrected chi connectivity index (χ3v) is 3.95. The Kier molecular flexibility index (Phi) is 4.02. The number of rotatable bonds is 3. The van der Waals surface area contributed by atoms with E-state index in [0.29, 0.717) is 5.92 Å². The van der Waals surface area contributed by atoms with E-state index in [1.165, 1.54) is 12.1 Å². The van der Waals surface area contributed by atoms with Crippen LogP contribution in [0, 0.1) is 5.82 Å². The molecule has 0 N–H and O–H groups in total. The van der Waals surface area contributed by atoms with Crippen molar-refractivity contribution >= 4 is 10.1 Å². The van der Waals surface area contributed by atoms with Crippen molar-refractivity contribution in [1.82, 2.24) is 0 Å². The van der Waals surface area contributed by atoms with Crippen LogP contribution in [0.25, 0.3) is 0 Å². The summed E-state index contributed by atoms with van der Waals surface area (Å²) >= 11 is 0. The first kappa shape index (κ1) is 13.5. The van der Waals surface area contributed by atoms with Crippen LogP contribution in [0.15, 0.2) is 24.3 Å². The van der Waals surface area contributed by atoms with E-state index in [4.69, 9.17) is 4.18 Å². The Balaban J connectivity index is 1.92. The summed E-state index contributed by atoms with van der Waals surface area (Å²) in [6.07, 6.45) is 4.11. The topological polar surface area (TPSA) is 43.4 Å². The highest BCUT2D eigenvalue weighted by atomic mass is 32.2. The zero-order chi connectivity index (χ0) is 13.2.